The lowest BCUT2D eigenvalue weighted by atomic mass is 10.1. The minimum Gasteiger partial charge on any atom is -0.497 e. The van der Waals surface area contributed by atoms with Gasteiger partial charge in [0.2, 0.25) is 0 Å². The molecule has 3 aromatic rings. The molecule has 5 nitrogen and oxygen atoms in total. The lowest BCUT2D eigenvalue weighted by Crippen LogP contribution is -2.04. The van der Waals surface area contributed by atoms with E-state index in [0.717, 1.165) is 52.8 Å². The Morgan fingerprint density at radius 1 is 1.04 bits per heavy atom. The molecule has 2 heterocycles. The molecule has 0 aliphatic carbocycles. The number of ether oxygens (including phenoxy) is 2. The van der Waals surface area contributed by atoms with Crippen molar-refractivity contribution in [2.45, 2.75) is 6.42 Å². The summed E-state index contributed by atoms with van der Waals surface area (Å²) in [5, 5.41) is 9.37. The van der Waals surface area contributed by atoms with Gasteiger partial charge in [-0.3, -0.25) is 0 Å². The zero-order chi connectivity index (χ0) is 18.3. The van der Waals surface area contributed by atoms with Crippen LogP contribution in [0.3, 0.4) is 0 Å². The van der Waals surface area contributed by atoms with Crippen LogP contribution in [0.1, 0.15) is 5.56 Å². The number of nitrogens with zero attached hydrogens (tertiary/aromatic N) is 2. The lowest BCUT2D eigenvalue weighted by molar-refractivity contribution is 0.394. The molecule has 0 bridgehead atoms. The van der Waals surface area contributed by atoms with Crippen LogP contribution < -0.4 is 14.8 Å². The summed E-state index contributed by atoms with van der Waals surface area (Å²) in [6.45, 7) is 0.854. The van der Waals surface area contributed by atoms with Crippen molar-refractivity contribution >= 4 is 29.0 Å². The number of hydrogen-bond donors (Lipinski definition) is 1. The van der Waals surface area contributed by atoms with E-state index < -0.39 is 0 Å². The van der Waals surface area contributed by atoms with Gasteiger partial charge in [0.05, 0.1) is 30.6 Å². The fourth-order valence-corrected chi connectivity index (χ4v) is 3.67. The van der Waals surface area contributed by atoms with Gasteiger partial charge >= 0.3 is 0 Å². The van der Waals surface area contributed by atoms with Crippen LogP contribution in [0.15, 0.2) is 36.4 Å². The number of benzene rings is 2. The Morgan fingerprint density at radius 3 is 2.42 bits per heavy atom. The van der Waals surface area contributed by atoms with Gasteiger partial charge < -0.3 is 14.8 Å². The number of anilines is 1. The predicted molar refractivity (Wildman–Crippen MR) is 104 cm³/mol. The van der Waals surface area contributed by atoms with Crippen molar-refractivity contribution in [2.24, 2.45) is 0 Å². The maximum atomic E-state index is 6.40. The zero-order valence-corrected chi connectivity index (χ0v) is 15.9. The molecule has 0 atom stereocenters. The second kappa shape index (κ2) is 6.74. The van der Waals surface area contributed by atoms with E-state index in [2.05, 4.69) is 5.32 Å². The largest absolute Gasteiger partial charge is 0.497 e. The second-order valence-corrected chi connectivity index (χ2v) is 6.81. The molecule has 0 fully saturated rings. The predicted octanol–water partition coefficient (Wildman–Crippen LogP) is 4.83. The minimum atomic E-state index is 0.547. The minimum absolute atomic E-state index is 0.547. The third-order valence-corrected chi connectivity index (χ3v) is 4.95. The Morgan fingerprint density at radius 2 is 1.77 bits per heavy atom. The molecule has 0 saturated carbocycles. The number of halogens is 2. The third kappa shape index (κ3) is 2.87. The van der Waals surface area contributed by atoms with E-state index in [1.165, 1.54) is 0 Å². The Balaban J connectivity index is 1.90. The van der Waals surface area contributed by atoms with Gasteiger partial charge in [-0.15, -0.1) is 0 Å². The van der Waals surface area contributed by atoms with Crippen LogP contribution in [0.25, 0.3) is 16.9 Å². The van der Waals surface area contributed by atoms with Crippen molar-refractivity contribution in [3.05, 3.63) is 52.0 Å². The van der Waals surface area contributed by atoms with Crippen molar-refractivity contribution in [2.75, 3.05) is 26.1 Å². The van der Waals surface area contributed by atoms with Crippen LogP contribution in [0.4, 0.5) is 5.82 Å². The molecular weight excluding hydrogens is 373 g/mol. The van der Waals surface area contributed by atoms with Crippen LogP contribution in [0, 0.1) is 0 Å². The van der Waals surface area contributed by atoms with Crippen molar-refractivity contribution in [3.8, 4) is 28.4 Å². The summed E-state index contributed by atoms with van der Waals surface area (Å²) in [6, 6.07) is 11.1. The van der Waals surface area contributed by atoms with Crippen LogP contribution in [0.5, 0.6) is 11.5 Å². The molecule has 1 aliphatic rings. The van der Waals surface area contributed by atoms with Crippen molar-refractivity contribution in [1.82, 2.24) is 9.78 Å². The molecule has 0 saturated heterocycles. The van der Waals surface area contributed by atoms with Crippen LogP contribution in [-0.2, 0) is 6.42 Å². The first-order valence-electron chi connectivity index (χ1n) is 8.15. The van der Waals surface area contributed by atoms with Crippen LogP contribution >= 0.6 is 23.2 Å². The number of rotatable bonds is 4. The second-order valence-electron chi connectivity index (χ2n) is 5.96. The summed E-state index contributed by atoms with van der Waals surface area (Å²) in [6.07, 6.45) is 0.884. The van der Waals surface area contributed by atoms with Crippen molar-refractivity contribution < 1.29 is 9.47 Å². The van der Waals surface area contributed by atoms with E-state index in [1.54, 1.807) is 26.4 Å². The highest BCUT2D eigenvalue weighted by Gasteiger charge is 2.25. The van der Waals surface area contributed by atoms with Gasteiger partial charge in [0.1, 0.15) is 17.3 Å². The molecule has 26 heavy (non-hydrogen) atoms. The quantitative estimate of drug-likeness (QED) is 0.693. The van der Waals surface area contributed by atoms with Gasteiger partial charge in [-0.05, 0) is 36.8 Å². The number of nitrogens with one attached hydrogen (secondary N) is 1. The van der Waals surface area contributed by atoms with E-state index in [9.17, 15) is 0 Å². The Labute approximate surface area is 161 Å². The maximum Gasteiger partial charge on any atom is 0.133 e. The molecule has 0 amide bonds. The van der Waals surface area contributed by atoms with Crippen molar-refractivity contribution in [1.29, 1.82) is 0 Å². The molecule has 134 valence electrons. The van der Waals surface area contributed by atoms with Crippen molar-refractivity contribution in [3.63, 3.8) is 0 Å². The first kappa shape index (κ1) is 17.1. The van der Waals surface area contributed by atoms with E-state index in [4.69, 9.17) is 37.8 Å². The topological polar surface area (TPSA) is 48.3 Å². The van der Waals surface area contributed by atoms with Gasteiger partial charge in [-0.1, -0.05) is 23.2 Å². The van der Waals surface area contributed by atoms with E-state index >= 15 is 0 Å². The zero-order valence-electron chi connectivity index (χ0n) is 14.3. The van der Waals surface area contributed by atoms with E-state index in [1.807, 2.05) is 28.9 Å². The van der Waals surface area contributed by atoms with E-state index in [-0.39, 0.29) is 0 Å². The van der Waals surface area contributed by atoms with Gasteiger partial charge in [-0.25, -0.2) is 4.68 Å². The number of hydrogen-bond acceptors (Lipinski definition) is 4. The first-order chi connectivity index (χ1) is 12.6. The number of methoxy groups -OCH3 is 2. The SMILES string of the molecule is COc1cc(OC)cc(-c2nn(-c3ccc(Cl)cc3Cl)c3c2CCN3)c1. The van der Waals surface area contributed by atoms with Crippen LogP contribution in [-0.4, -0.2) is 30.5 Å². The molecule has 2 aromatic carbocycles. The normalized spacial score (nSPS) is 12.6. The Kier molecular flexibility index (Phi) is 4.42. The standard InChI is InChI=1S/C19H17Cl2N3O2/c1-25-13-7-11(8-14(10-13)26-2)18-15-5-6-22-19(15)24(23-18)17-4-3-12(20)9-16(17)21/h3-4,7-10,22H,5-6H2,1-2H3. The fraction of sp³-hybridized carbons (Fsp3) is 0.211. The summed E-state index contributed by atoms with van der Waals surface area (Å²) in [7, 11) is 3.27. The molecule has 4 rings (SSSR count). The first-order valence-corrected chi connectivity index (χ1v) is 8.91. The summed E-state index contributed by atoms with van der Waals surface area (Å²) in [5.41, 5.74) is 3.74. The average molecular weight is 390 g/mol. The molecule has 0 unspecified atom stereocenters. The average Bonchev–Trinajstić information content (AvgIpc) is 3.24. The van der Waals surface area contributed by atoms with Gasteiger partial charge in [0.15, 0.2) is 0 Å². The number of aromatic nitrogens is 2. The smallest absolute Gasteiger partial charge is 0.133 e. The molecular formula is C19H17Cl2N3O2. The Bertz CT molecular complexity index is 963. The molecule has 7 heteroatoms. The highest BCUT2D eigenvalue weighted by molar-refractivity contribution is 6.35. The summed E-state index contributed by atoms with van der Waals surface area (Å²) in [5.74, 6) is 2.39. The molecule has 0 radical (unpaired) electrons. The molecule has 1 aromatic heterocycles. The summed E-state index contributed by atoms with van der Waals surface area (Å²) in [4.78, 5) is 0. The fourth-order valence-electron chi connectivity index (χ4n) is 3.18. The van der Waals surface area contributed by atoms with Crippen LogP contribution in [0.2, 0.25) is 10.0 Å². The summed E-state index contributed by atoms with van der Waals surface area (Å²) >= 11 is 12.4. The molecule has 0 spiro atoms. The summed E-state index contributed by atoms with van der Waals surface area (Å²) < 4.78 is 12.6. The Hall–Kier alpha value is -2.37. The highest BCUT2D eigenvalue weighted by Crippen LogP contribution is 2.38. The molecule has 1 aliphatic heterocycles. The third-order valence-electron chi connectivity index (χ3n) is 4.41. The van der Waals surface area contributed by atoms with E-state index in [0.29, 0.717) is 10.0 Å². The van der Waals surface area contributed by atoms with Gasteiger partial charge in [0.25, 0.3) is 0 Å². The van der Waals surface area contributed by atoms with Gasteiger partial charge in [0, 0.05) is 28.8 Å². The monoisotopic (exact) mass is 389 g/mol. The molecule has 1 N–H and O–H groups in total. The van der Waals surface area contributed by atoms with Gasteiger partial charge in [-0.2, -0.15) is 5.10 Å². The number of fused-ring (bicyclic) bond motifs is 1. The lowest BCUT2D eigenvalue weighted by Gasteiger charge is -2.09. The maximum absolute atomic E-state index is 6.40. The highest BCUT2D eigenvalue weighted by atomic mass is 35.5.